The Hall–Kier alpha value is -2.10. The Labute approximate surface area is 119 Å². The highest BCUT2D eigenvalue weighted by Gasteiger charge is 2.24. The number of amides is 1. The maximum Gasteiger partial charge on any atom is 0.326 e. The van der Waals surface area contributed by atoms with E-state index in [4.69, 9.17) is 5.11 Å². The Morgan fingerprint density at radius 2 is 1.90 bits per heavy atom. The Morgan fingerprint density at radius 3 is 2.35 bits per heavy atom. The van der Waals surface area contributed by atoms with Gasteiger partial charge in [-0.1, -0.05) is 50.3 Å². The largest absolute Gasteiger partial charge is 0.480 e. The van der Waals surface area contributed by atoms with Crippen LogP contribution in [0.1, 0.15) is 31.7 Å². The monoisotopic (exact) mass is 275 g/mol. The molecule has 0 fully saturated rings. The minimum Gasteiger partial charge on any atom is -0.480 e. The highest BCUT2D eigenvalue weighted by molar-refractivity contribution is 5.84. The van der Waals surface area contributed by atoms with E-state index in [1.54, 1.807) is 19.9 Å². The molecule has 0 saturated heterocycles. The fourth-order valence-electron chi connectivity index (χ4n) is 1.98. The third kappa shape index (κ3) is 4.53. The lowest BCUT2D eigenvalue weighted by Gasteiger charge is -2.19. The van der Waals surface area contributed by atoms with E-state index < -0.39 is 12.0 Å². The smallest absolute Gasteiger partial charge is 0.326 e. The predicted molar refractivity (Wildman–Crippen MR) is 78.4 cm³/mol. The van der Waals surface area contributed by atoms with Gasteiger partial charge in [0.2, 0.25) is 5.91 Å². The van der Waals surface area contributed by atoms with Gasteiger partial charge in [-0.2, -0.15) is 0 Å². The fourth-order valence-corrected chi connectivity index (χ4v) is 1.98. The van der Waals surface area contributed by atoms with Crippen LogP contribution in [0.15, 0.2) is 43.0 Å². The number of carboxylic acids is 1. The van der Waals surface area contributed by atoms with Gasteiger partial charge in [-0.05, 0) is 11.5 Å². The third-order valence-corrected chi connectivity index (χ3v) is 3.17. The van der Waals surface area contributed by atoms with Crippen molar-refractivity contribution < 1.29 is 14.7 Å². The normalized spacial score (nSPS) is 13.6. The number of allylic oxidation sites excluding steroid dienone is 1. The summed E-state index contributed by atoms with van der Waals surface area (Å²) in [5.41, 5.74) is 0.995. The minimum absolute atomic E-state index is 0.113. The minimum atomic E-state index is -1.01. The first-order chi connectivity index (χ1) is 9.45. The quantitative estimate of drug-likeness (QED) is 0.752. The Morgan fingerprint density at radius 1 is 1.30 bits per heavy atom. The Kier molecular flexibility index (Phi) is 5.97. The molecule has 0 spiro atoms. The lowest BCUT2D eigenvalue weighted by Crippen LogP contribution is -2.44. The average molecular weight is 275 g/mol. The highest BCUT2D eigenvalue weighted by Crippen LogP contribution is 2.20. The lowest BCUT2D eigenvalue weighted by atomic mass is 9.95. The molecule has 108 valence electrons. The number of carboxylic acid groups (broad SMARTS) is 1. The van der Waals surface area contributed by atoms with Crippen LogP contribution < -0.4 is 5.32 Å². The SMILES string of the molecule is C=CC(CC(=O)N[C@H](C(=O)O)C(C)C)c1ccccc1. The number of hydrogen-bond donors (Lipinski definition) is 2. The van der Waals surface area contributed by atoms with Crippen molar-refractivity contribution in [3.8, 4) is 0 Å². The van der Waals surface area contributed by atoms with E-state index in [9.17, 15) is 9.59 Å². The van der Waals surface area contributed by atoms with Crippen molar-refractivity contribution >= 4 is 11.9 Å². The van der Waals surface area contributed by atoms with Crippen molar-refractivity contribution in [2.45, 2.75) is 32.2 Å². The molecule has 0 bridgehead atoms. The molecule has 1 amide bonds. The van der Waals surface area contributed by atoms with Crippen molar-refractivity contribution in [3.05, 3.63) is 48.6 Å². The van der Waals surface area contributed by atoms with Crippen LogP contribution in [-0.4, -0.2) is 23.0 Å². The Balaban J connectivity index is 2.69. The first-order valence-corrected chi connectivity index (χ1v) is 6.65. The zero-order chi connectivity index (χ0) is 15.1. The molecule has 1 aromatic carbocycles. The van der Waals surface area contributed by atoms with E-state index in [1.165, 1.54) is 0 Å². The molecule has 1 aromatic rings. The number of carbonyl (C=O) groups excluding carboxylic acids is 1. The second-order valence-corrected chi connectivity index (χ2v) is 5.08. The topological polar surface area (TPSA) is 66.4 Å². The molecule has 0 saturated carbocycles. The van der Waals surface area contributed by atoms with E-state index in [2.05, 4.69) is 11.9 Å². The van der Waals surface area contributed by atoms with Gasteiger partial charge in [0.25, 0.3) is 0 Å². The molecule has 1 rings (SSSR count). The van der Waals surface area contributed by atoms with Gasteiger partial charge < -0.3 is 10.4 Å². The van der Waals surface area contributed by atoms with E-state index in [-0.39, 0.29) is 24.2 Å². The van der Waals surface area contributed by atoms with Gasteiger partial charge in [0.05, 0.1) is 0 Å². The number of rotatable bonds is 7. The second-order valence-electron chi connectivity index (χ2n) is 5.08. The van der Waals surface area contributed by atoms with Gasteiger partial charge in [0.15, 0.2) is 0 Å². The summed E-state index contributed by atoms with van der Waals surface area (Å²) in [6.45, 7) is 7.27. The molecular formula is C16H21NO3. The number of benzene rings is 1. The van der Waals surface area contributed by atoms with Crippen LogP contribution in [0.4, 0.5) is 0 Å². The number of carbonyl (C=O) groups is 2. The maximum absolute atomic E-state index is 12.0. The zero-order valence-electron chi connectivity index (χ0n) is 11.9. The lowest BCUT2D eigenvalue weighted by molar-refractivity contribution is -0.143. The first-order valence-electron chi connectivity index (χ1n) is 6.65. The average Bonchev–Trinajstić information content (AvgIpc) is 2.42. The molecule has 1 unspecified atom stereocenters. The van der Waals surface area contributed by atoms with E-state index in [0.29, 0.717) is 0 Å². The van der Waals surface area contributed by atoms with Crippen LogP contribution in [0.3, 0.4) is 0 Å². The summed E-state index contributed by atoms with van der Waals surface area (Å²) in [6, 6.07) is 8.70. The summed E-state index contributed by atoms with van der Waals surface area (Å²) in [5.74, 6) is -1.56. The summed E-state index contributed by atoms with van der Waals surface area (Å²) >= 11 is 0. The summed E-state index contributed by atoms with van der Waals surface area (Å²) in [4.78, 5) is 23.0. The second kappa shape index (κ2) is 7.48. The van der Waals surface area contributed by atoms with Crippen LogP contribution in [0, 0.1) is 5.92 Å². The molecule has 2 N–H and O–H groups in total. The fraction of sp³-hybridized carbons (Fsp3) is 0.375. The first kappa shape index (κ1) is 16.0. The molecule has 0 aliphatic heterocycles. The van der Waals surface area contributed by atoms with E-state index in [1.807, 2.05) is 30.3 Å². The third-order valence-electron chi connectivity index (χ3n) is 3.17. The molecule has 0 aliphatic carbocycles. The molecule has 4 heteroatoms. The van der Waals surface area contributed by atoms with Crippen LogP contribution >= 0.6 is 0 Å². The van der Waals surface area contributed by atoms with Crippen LogP contribution in [0.2, 0.25) is 0 Å². The van der Waals surface area contributed by atoms with Crippen molar-refractivity contribution in [1.82, 2.24) is 5.32 Å². The maximum atomic E-state index is 12.0. The van der Waals surface area contributed by atoms with Crippen molar-refractivity contribution in [2.75, 3.05) is 0 Å². The number of hydrogen-bond acceptors (Lipinski definition) is 2. The number of nitrogens with one attached hydrogen (secondary N) is 1. The summed E-state index contributed by atoms with van der Waals surface area (Å²) in [7, 11) is 0. The van der Waals surface area contributed by atoms with Crippen molar-refractivity contribution in [2.24, 2.45) is 5.92 Å². The van der Waals surface area contributed by atoms with Gasteiger partial charge in [-0.25, -0.2) is 4.79 Å². The van der Waals surface area contributed by atoms with Gasteiger partial charge in [-0.3, -0.25) is 4.79 Å². The molecule has 0 aromatic heterocycles. The van der Waals surface area contributed by atoms with Crippen molar-refractivity contribution in [3.63, 3.8) is 0 Å². The van der Waals surface area contributed by atoms with E-state index >= 15 is 0 Å². The summed E-state index contributed by atoms with van der Waals surface area (Å²) in [6.07, 6.45) is 1.91. The van der Waals surface area contributed by atoms with Crippen molar-refractivity contribution in [1.29, 1.82) is 0 Å². The summed E-state index contributed by atoms with van der Waals surface area (Å²) in [5, 5.41) is 11.6. The van der Waals surface area contributed by atoms with Crippen LogP contribution in [0.5, 0.6) is 0 Å². The molecule has 4 nitrogen and oxygen atoms in total. The molecular weight excluding hydrogens is 254 g/mol. The zero-order valence-corrected chi connectivity index (χ0v) is 11.9. The molecule has 0 radical (unpaired) electrons. The standard InChI is InChI=1S/C16H21NO3/c1-4-12(13-8-6-5-7-9-13)10-14(18)17-15(11(2)3)16(19)20/h4-9,11-12,15H,1,10H2,2-3H3,(H,17,18)(H,19,20)/t12?,15-/m0/s1. The summed E-state index contributed by atoms with van der Waals surface area (Å²) < 4.78 is 0. The molecule has 0 heterocycles. The molecule has 2 atom stereocenters. The molecule has 20 heavy (non-hydrogen) atoms. The van der Waals surface area contributed by atoms with Gasteiger partial charge >= 0.3 is 5.97 Å². The van der Waals surface area contributed by atoms with Crippen LogP contribution in [-0.2, 0) is 9.59 Å². The highest BCUT2D eigenvalue weighted by atomic mass is 16.4. The van der Waals surface area contributed by atoms with E-state index in [0.717, 1.165) is 5.56 Å². The molecule has 0 aliphatic rings. The van der Waals surface area contributed by atoms with Gasteiger partial charge in [0.1, 0.15) is 6.04 Å². The van der Waals surface area contributed by atoms with Gasteiger partial charge in [-0.15, -0.1) is 6.58 Å². The van der Waals surface area contributed by atoms with Crippen LogP contribution in [0.25, 0.3) is 0 Å². The Bertz CT molecular complexity index is 468. The number of aliphatic carboxylic acids is 1. The predicted octanol–water partition coefficient (Wildman–Crippen LogP) is 2.57. The van der Waals surface area contributed by atoms with Gasteiger partial charge in [0, 0.05) is 12.3 Å².